The Balaban J connectivity index is 1.10. The van der Waals surface area contributed by atoms with Crippen LogP contribution in [0.4, 0.5) is 0 Å². The molecule has 308 valence electrons. The highest BCUT2D eigenvalue weighted by molar-refractivity contribution is 6.12. The molecule has 1 spiro atoms. The van der Waals surface area contributed by atoms with E-state index in [1.54, 1.807) is 0 Å². The quantitative estimate of drug-likeness (QED) is 0.164. The van der Waals surface area contributed by atoms with Crippen LogP contribution in [0, 0.1) is 11.8 Å². The average Bonchev–Trinajstić information content (AvgIpc) is 4.13. The van der Waals surface area contributed by atoms with E-state index < -0.39 is 5.41 Å². The van der Waals surface area contributed by atoms with Crippen LogP contribution in [-0.2, 0) is 5.41 Å². The molecular weight excluding hydrogens is 787 g/mol. The lowest BCUT2D eigenvalue weighted by Crippen LogP contribution is -2.35. The average molecular weight is 832 g/mol. The Bertz CT molecular complexity index is 3640. The van der Waals surface area contributed by atoms with Crippen molar-refractivity contribution >= 4 is 71.1 Å². The van der Waals surface area contributed by atoms with Crippen molar-refractivity contribution in [2.24, 2.45) is 11.8 Å². The number of fused-ring (bicyclic) bond motifs is 16. The third-order valence-electron chi connectivity index (χ3n) is 15.3. The summed E-state index contributed by atoms with van der Waals surface area (Å²) in [5.74, 6) is 0.288. The standard InChI is InChI=1S/C62H45N3/c1-3-17-42-43-33-30-39(63-56-24-11-5-18-46(56)47-19-6-12-25-57(47)63)36-53(43)62(52(42)4-2)54-37-40(64-58-26-13-7-20-48(58)49-21-8-14-27-59(49)64)31-34-44(54)45-35-32-41(38-55(45)62)65-60-28-15-9-22-50(60)51-23-10-16-29-61(51)65/h3,5-38,43,53H,4H2,1-2H3/b17-3-. The van der Waals surface area contributed by atoms with Gasteiger partial charge < -0.3 is 13.7 Å². The fourth-order valence-corrected chi connectivity index (χ4v) is 12.9. The van der Waals surface area contributed by atoms with Crippen LogP contribution in [-0.4, -0.2) is 13.7 Å². The topological polar surface area (TPSA) is 14.8 Å². The zero-order valence-corrected chi connectivity index (χ0v) is 36.4. The Morgan fingerprint density at radius 3 is 1.25 bits per heavy atom. The molecule has 3 nitrogen and oxygen atoms in total. The van der Waals surface area contributed by atoms with Crippen molar-refractivity contribution in [2.75, 3.05) is 0 Å². The highest BCUT2D eigenvalue weighted by atomic mass is 15.0. The van der Waals surface area contributed by atoms with Crippen molar-refractivity contribution in [3.63, 3.8) is 0 Å². The molecule has 65 heavy (non-hydrogen) atoms. The largest absolute Gasteiger partial charge is 0.310 e. The number of para-hydroxylation sites is 6. The van der Waals surface area contributed by atoms with Crippen molar-refractivity contribution in [1.29, 1.82) is 0 Å². The maximum atomic E-state index is 2.66. The Labute approximate surface area is 377 Å². The highest BCUT2D eigenvalue weighted by Crippen LogP contribution is 2.66. The smallest absolute Gasteiger partial charge is 0.0541 e. The van der Waals surface area contributed by atoms with Gasteiger partial charge in [-0.2, -0.15) is 0 Å². The Morgan fingerprint density at radius 2 is 0.862 bits per heavy atom. The van der Waals surface area contributed by atoms with Gasteiger partial charge in [-0.3, -0.25) is 0 Å². The molecule has 2 atom stereocenters. The molecule has 2 unspecified atom stereocenters. The molecular formula is C62H45N3. The van der Waals surface area contributed by atoms with Crippen LogP contribution in [0.2, 0.25) is 0 Å². The third kappa shape index (κ3) is 4.75. The molecule has 14 rings (SSSR count). The fourth-order valence-electron chi connectivity index (χ4n) is 12.9. The molecule has 0 saturated heterocycles. The summed E-state index contributed by atoms with van der Waals surface area (Å²) >= 11 is 0. The van der Waals surface area contributed by atoms with Gasteiger partial charge in [0.1, 0.15) is 0 Å². The summed E-state index contributed by atoms with van der Waals surface area (Å²) in [6.07, 6.45) is 13.2. The first-order valence-corrected chi connectivity index (χ1v) is 23.2. The second-order valence-corrected chi connectivity index (χ2v) is 18.2. The lowest BCUT2D eigenvalue weighted by atomic mass is 9.63. The first kappa shape index (κ1) is 36.6. The van der Waals surface area contributed by atoms with Crippen molar-refractivity contribution in [2.45, 2.75) is 25.7 Å². The van der Waals surface area contributed by atoms with Crippen LogP contribution in [0.25, 0.3) is 93.6 Å². The molecule has 0 radical (unpaired) electrons. The normalized spacial score (nSPS) is 17.5. The van der Waals surface area contributed by atoms with Gasteiger partial charge in [-0.25, -0.2) is 0 Å². The number of nitrogens with zero attached hydrogens (tertiary/aromatic N) is 3. The highest BCUT2D eigenvalue weighted by Gasteiger charge is 2.58. The van der Waals surface area contributed by atoms with E-state index in [1.165, 1.54) is 116 Å². The summed E-state index contributed by atoms with van der Waals surface area (Å²) in [7, 11) is 0. The zero-order chi connectivity index (χ0) is 43.0. The maximum Gasteiger partial charge on any atom is 0.0541 e. The Morgan fingerprint density at radius 1 is 0.477 bits per heavy atom. The molecule has 0 aliphatic heterocycles. The molecule has 0 amide bonds. The first-order chi connectivity index (χ1) is 32.2. The summed E-state index contributed by atoms with van der Waals surface area (Å²) in [5.41, 5.74) is 18.9. The van der Waals surface area contributed by atoms with Crippen LogP contribution < -0.4 is 0 Å². The van der Waals surface area contributed by atoms with Crippen LogP contribution in [0.3, 0.4) is 0 Å². The molecule has 0 fully saturated rings. The SMILES string of the molecule is C/C=C\C1=C(CC)C2(c3cc(-n4c5ccccc5c5ccccc54)ccc3-c3ccc(-n4c5ccccc5c5ccccc54)cc32)C2C=C(n3c4ccccc4c4ccccc43)C=CC12. The van der Waals surface area contributed by atoms with Gasteiger partial charge in [0.2, 0.25) is 0 Å². The molecule has 3 heteroatoms. The monoisotopic (exact) mass is 831 g/mol. The van der Waals surface area contributed by atoms with E-state index in [1.807, 2.05) is 0 Å². The van der Waals surface area contributed by atoms with Gasteiger partial charge in [-0.1, -0.05) is 158 Å². The number of allylic oxidation sites excluding steroid dienone is 8. The number of aromatic nitrogens is 3. The molecule has 8 aromatic carbocycles. The van der Waals surface area contributed by atoms with E-state index in [0.717, 1.165) is 6.42 Å². The van der Waals surface area contributed by atoms with Crippen LogP contribution in [0.15, 0.2) is 224 Å². The van der Waals surface area contributed by atoms with Crippen LogP contribution in [0.1, 0.15) is 31.4 Å². The van der Waals surface area contributed by atoms with Crippen LogP contribution in [0.5, 0.6) is 0 Å². The van der Waals surface area contributed by atoms with E-state index in [0.29, 0.717) is 0 Å². The summed E-state index contributed by atoms with van der Waals surface area (Å²) in [5, 5.41) is 7.67. The lowest BCUT2D eigenvalue weighted by molar-refractivity contribution is 0.426. The van der Waals surface area contributed by atoms with E-state index in [-0.39, 0.29) is 11.8 Å². The van der Waals surface area contributed by atoms with Crippen molar-refractivity contribution in [3.8, 4) is 22.5 Å². The van der Waals surface area contributed by atoms with Gasteiger partial charge in [0.25, 0.3) is 0 Å². The fraction of sp³-hybridized carbons (Fsp3) is 0.0968. The maximum absolute atomic E-state index is 2.66. The third-order valence-corrected chi connectivity index (χ3v) is 15.3. The van der Waals surface area contributed by atoms with Gasteiger partial charge in [0, 0.05) is 61.2 Å². The second kappa shape index (κ2) is 13.6. The summed E-state index contributed by atoms with van der Waals surface area (Å²) in [6, 6.07) is 68.2. The van der Waals surface area contributed by atoms with Gasteiger partial charge >= 0.3 is 0 Å². The van der Waals surface area contributed by atoms with E-state index in [4.69, 9.17) is 0 Å². The Hall–Kier alpha value is -7.88. The van der Waals surface area contributed by atoms with Gasteiger partial charge in [0.05, 0.1) is 38.5 Å². The number of hydrogen-bond acceptors (Lipinski definition) is 0. The van der Waals surface area contributed by atoms with Gasteiger partial charge in [-0.05, 0) is 108 Å². The molecule has 3 aliphatic rings. The predicted octanol–water partition coefficient (Wildman–Crippen LogP) is 15.9. The molecule has 3 heterocycles. The predicted molar refractivity (Wildman–Crippen MR) is 273 cm³/mol. The summed E-state index contributed by atoms with van der Waals surface area (Å²) in [4.78, 5) is 0. The summed E-state index contributed by atoms with van der Waals surface area (Å²) < 4.78 is 7.52. The van der Waals surface area contributed by atoms with Crippen molar-refractivity contribution in [3.05, 3.63) is 235 Å². The van der Waals surface area contributed by atoms with E-state index in [9.17, 15) is 0 Å². The second-order valence-electron chi connectivity index (χ2n) is 18.2. The molecule has 3 aromatic heterocycles. The Kier molecular flexibility index (Phi) is 7.63. The van der Waals surface area contributed by atoms with E-state index in [2.05, 4.69) is 240 Å². The minimum atomic E-state index is -0.461. The van der Waals surface area contributed by atoms with Crippen molar-refractivity contribution < 1.29 is 0 Å². The number of benzene rings is 8. The number of rotatable bonds is 5. The van der Waals surface area contributed by atoms with E-state index >= 15 is 0 Å². The summed E-state index contributed by atoms with van der Waals surface area (Å²) in [6.45, 7) is 4.58. The molecule has 3 aliphatic carbocycles. The minimum Gasteiger partial charge on any atom is -0.310 e. The minimum absolute atomic E-state index is 0.102. The molecule has 0 bridgehead atoms. The zero-order valence-electron chi connectivity index (χ0n) is 36.4. The number of hydrogen-bond donors (Lipinski definition) is 0. The first-order valence-electron chi connectivity index (χ1n) is 23.2. The van der Waals surface area contributed by atoms with Gasteiger partial charge in [-0.15, -0.1) is 0 Å². The molecule has 0 N–H and O–H groups in total. The lowest BCUT2D eigenvalue weighted by Gasteiger charge is -2.39. The molecule has 0 saturated carbocycles. The van der Waals surface area contributed by atoms with Crippen molar-refractivity contribution in [1.82, 2.24) is 13.7 Å². The molecule has 11 aromatic rings. The van der Waals surface area contributed by atoms with Crippen LogP contribution >= 0.6 is 0 Å². The van der Waals surface area contributed by atoms with Gasteiger partial charge in [0.15, 0.2) is 0 Å².